The maximum atomic E-state index is 5.17. The molecular weight excluding hydrogens is 134 g/mol. The van der Waals surface area contributed by atoms with Crippen LogP contribution in [0.25, 0.3) is 0 Å². The van der Waals surface area contributed by atoms with Crippen LogP contribution in [0.3, 0.4) is 0 Å². The number of aliphatic imine (C=N–C) groups is 1. The molecule has 3 heteroatoms. The molecule has 0 bridgehead atoms. The molecule has 0 atom stereocenters. The topological polar surface area (TPSA) is 21.6 Å². The molecule has 0 fully saturated rings. The molecule has 0 aliphatic carbocycles. The van der Waals surface area contributed by atoms with Gasteiger partial charge in [-0.2, -0.15) is 0 Å². The van der Waals surface area contributed by atoms with Crippen LogP contribution >= 0.6 is 11.8 Å². The van der Waals surface area contributed by atoms with E-state index in [1.165, 1.54) is 0 Å². The third-order valence-electron chi connectivity index (χ3n) is 1.08. The first-order chi connectivity index (χ1) is 4.43. The van der Waals surface area contributed by atoms with Gasteiger partial charge in [0.05, 0.1) is 11.7 Å². The fourth-order valence-electron chi connectivity index (χ4n) is 0.656. The first-order valence-electron chi connectivity index (χ1n) is 3.17. The monoisotopic (exact) mass is 145 g/mol. The summed E-state index contributed by atoms with van der Waals surface area (Å²) in [7, 11) is 0. The van der Waals surface area contributed by atoms with Gasteiger partial charge in [-0.25, -0.2) is 0 Å². The van der Waals surface area contributed by atoms with Crippen molar-refractivity contribution in [1.29, 1.82) is 0 Å². The molecule has 0 aromatic rings. The van der Waals surface area contributed by atoms with Crippen molar-refractivity contribution in [1.82, 2.24) is 0 Å². The fourth-order valence-corrected chi connectivity index (χ4v) is 1.42. The maximum Gasteiger partial charge on any atom is 0.0944 e. The molecule has 0 unspecified atom stereocenters. The molecule has 0 saturated heterocycles. The van der Waals surface area contributed by atoms with Crippen LogP contribution in [0.1, 0.15) is 6.92 Å². The summed E-state index contributed by atoms with van der Waals surface area (Å²) in [5, 5.41) is 1.16. The minimum Gasteiger partial charge on any atom is -0.375 e. The summed E-state index contributed by atoms with van der Waals surface area (Å²) >= 11 is 1.81. The van der Waals surface area contributed by atoms with Gasteiger partial charge in [0.1, 0.15) is 0 Å². The Balaban J connectivity index is 2.11. The summed E-state index contributed by atoms with van der Waals surface area (Å²) in [6, 6.07) is 0. The molecule has 0 spiro atoms. The molecule has 52 valence electrons. The largest absolute Gasteiger partial charge is 0.375 e. The molecule has 0 aromatic carbocycles. The summed E-state index contributed by atoms with van der Waals surface area (Å²) in [5.74, 6) is 1.14. The number of ether oxygens (including phenoxy) is 1. The minimum atomic E-state index is 0.723. The van der Waals surface area contributed by atoms with Crippen molar-refractivity contribution >= 4 is 16.8 Å². The van der Waals surface area contributed by atoms with E-state index >= 15 is 0 Å². The highest BCUT2D eigenvalue weighted by molar-refractivity contribution is 8.14. The number of rotatable bonds is 3. The predicted octanol–water partition coefficient (Wildman–Crippen LogP) is 1.17. The smallest absolute Gasteiger partial charge is 0.0944 e. The lowest BCUT2D eigenvalue weighted by molar-refractivity contribution is 0.189. The van der Waals surface area contributed by atoms with Crippen molar-refractivity contribution < 1.29 is 4.74 Å². The Morgan fingerprint density at radius 1 is 1.78 bits per heavy atom. The average Bonchev–Trinajstić information content (AvgIpc) is 2.34. The molecule has 1 aliphatic rings. The molecule has 9 heavy (non-hydrogen) atoms. The zero-order valence-electron chi connectivity index (χ0n) is 5.59. The van der Waals surface area contributed by atoms with Gasteiger partial charge in [-0.3, -0.25) is 4.99 Å². The third kappa shape index (κ3) is 2.37. The van der Waals surface area contributed by atoms with Gasteiger partial charge in [0, 0.05) is 18.9 Å². The second-order valence-corrected chi connectivity index (χ2v) is 2.93. The average molecular weight is 145 g/mol. The quantitative estimate of drug-likeness (QED) is 0.594. The van der Waals surface area contributed by atoms with E-state index in [0.29, 0.717) is 0 Å². The SMILES string of the molecule is CCOCC1=NCCS1. The van der Waals surface area contributed by atoms with Crippen LogP contribution in [0, 0.1) is 0 Å². The lowest BCUT2D eigenvalue weighted by Crippen LogP contribution is -2.01. The van der Waals surface area contributed by atoms with Crippen molar-refractivity contribution in [2.45, 2.75) is 6.92 Å². The molecule has 1 rings (SSSR count). The standard InChI is InChI=1S/C6H11NOS/c1-2-8-5-6-7-3-4-9-6/h2-5H2,1H3. The third-order valence-corrected chi connectivity index (χ3v) is 2.04. The van der Waals surface area contributed by atoms with Crippen LogP contribution < -0.4 is 0 Å². The minimum absolute atomic E-state index is 0.723. The van der Waals surface area contributed by atoms with Gasteiger partial charge in [-0.05, 0) is 6.92 Å². The lowest BCUT2D eigenvalue weighted by Gasteiger charge is -1.97. The normalized spacial score (nSPS) is 18.1. The molecule has 0 N–H and O–H groups in total. The Bertz CT molecular complexity index is 114. The summed E-state index contributed by atoms with van der Waals surface area (Å²) < 4.78 is 5.17. The van der Waals surface area contributed by atoms with E-state index in [4.69, 9.17) is 4.74 Å². The van der Waals surface area contributed by atoms with Crippen molar-refractivity contribution in [3.8, 4) is 0 Å². The summed E-state index contributed by atoms with van der Waals surface area (Å²) in [5.41, 5.74) is 0. The van der Waals surface area contributed by atoms with Crippen molar-refractivity contribution in [3.63, 3.8) is 0 Å². The van der Waals surface area contributed by atoms with Crippen molar-refractivity contribution in [2.24, 2.45) is 4.99 Å². The van der Waals surface area contributed by atoms with E-state index in [-0.39, 0.29) is 0 Å². The predicted molar refractivity (Wildman–Crippen MR) is 41.3 cm³/mol. The highest BCUT2D eigenvalue weighted by Crippen LogP contribution is 2.10. The van der Waals surface area contributed by atoms with E-state index in [1.807, 2.05) is 18.7 Å². The zero-order chi connectivity index (χ0) is 6.53. The molecule has 0 radical (unpaired) electrons. The van der Waals surface area contributed by atoms with E-state index < -0.39 is 0 Å². The Hall–Kier alpha value is -0.0200. The van der Waals surface area contributed by atoms with E-state index in [9.17, 15) is 0 Å². The molecule has 0 aromatic heterocycles. The summed E-state index contributed by atoms with van der Waals surface area (Å²) in [6.07, 6.45) is 0. The van der Waals surface area contributed by atoms with Crippen LogP contribution in [0.2, 0.25) is 0 Å². The Morgan fingerprint density at radius 3 is 3.22 bits per heavy atom. The Kier molecular flexibility index (Phi) is 3.08. The highest BCUT2D eigenvalue weighted by atomic mass is 32.2. The number of nitrogens with zero attached hydrogens (tertiary/aromatic N) is 1. The molecule has 0 amide bonds. The van der Waals surface area contributed by atoms with Gasteiger partial charge in [0.25, 0.3) is 0 Å². The van der Waals surface area contributed by atoms with E-state index in [0.717, 1.165) is 30.6 Å². The lowest BCUT2D eigenvalue weighted by atomic mass is 10.7. The van der Waals surface area contributed by atoms with Crippen LogP contribution in [-0.2, 0) is 4.74 Å². The van der Waals surface area contributed by atoms with Gasteiger partial charge >= 0.3 is 0 Å². The van der Waals surface area contributed by atoms with Crippen molar-refractivity contribution in [3.05, 3.63) is 0 Å². The summed E-state index contributed by atoms with van der Waals surface area (Å²) in [4.78, 5) is 4.23. The number of hydrogen-bond donors (Lipinski definition) is 0. The first kappa shape index (κ1) is 7.09. The van der Waals surface area contributed by atoms with Gasteiger partial charge in [0.15, 0.2) is 0 Å². The Morgan fingerprint density at radius 2 is 2.67 bits per heavy atom. The van der Waals surface area contributed by atoms with Crippen LogP contribution in [0.4, 0.5) is 0 Å². The molecule has 2 nitrogen and oxygen atoms in total. The van der Waals surface area contributed by atoms with Crippen LogP contribution in [0.15, 0.2) is 4.99 Å². The van der Waals surface area contributed by atoms with Crippen LogP contribution in [-0.4, -0.2) is 30.6 Å². The number of thioether (sulfide) groups is 1. The molecular formula is C6H11NOS. The first-order valence-corrected chi connectivity index (χ1v) is 4.16. The number of hydrogen-bond acceptors (Lipinski definition) is 3. The maximum absolute atomic E-state index is 5.17. The summed E-state index contributed by atoms with van der Waals surface area (Å²) in [6.45, 7) is 4.49. The highest BCUT2D eigenvalue weighted by Gasteiger charge is 2.04. The van der Waals surface area contributed by atoms with Gasteiger partial charge in [-0.1, -0.05) is 0 Å². The van der Waals surface area contributed by atoms with Gasteiger partial charge in [0.2, 0.25) is 0 Å². The fraction of sp³-hybridized carbons (Fsp3) is 0.833. The molecule has 0 saturated carbocycles. The second-order valence-electron chi connectivity index (χ2n) is 1.76. The van der Waals surface area contributed by atoms with Crippen LogP contribution in [0.5, 0.6) is 0 Å². The van der Waals surface area contributed by atoms with E-state index in [2.05, 4.69) is 4.99 Å². The van der Waals surface area contributed by atoms with Gasteiger partial charge in [-0.15, -0.1) is 11.8 Å². The molecule has 1 heterocycles. The zero-order valence-corrected chi connectivity index (χ0v) is 6.41. The van der Waals surface area contributed by atoms with Crippen molar-refractivity contribution in [2.75, 3.05) is 25.5 Å². The second kappa shape index (κ2) is 3.90. The van der Waals surface area contributed by atoms with Gasteiger partial charge < -0.3 is 4.74 Å². The Labute approximate surface area is 59.7 Å². The molecule has 1 aliphatic heterocycles. The van der Waals surface area contributed by atoms with E-state index in [1.54, 1.807) is 0 Å².